The van der Waals surface area contributed by atoms with E-state index < -0.39 is 17.2 Å². The number of aromatic hydroxyl groups is 1. The molecule has 0 bridgehead atoms. The summed E-state index contributed by atoms with van der Waals surface area (Å²) in [5, 5.41) is 11.2. The van der Waals surface area contributed by atoms with Gasteiger partial charge in [-0.1, -0.05) is 29.8 Å². The number of thiophene rings is 1. The zero-order valence-corrected chi connectivity index (χ0v) is 18.5. The van der Waals surface area contributed by atoms with E-state index in [1.54, 1.807) is 14.0 Å². The third-order valence-electron chi connectivity index (χ3n) is 5.42. The Morgan fingerprint density at radius 1 is 1.10 bits per heavy atom. The lowest BCUT2D eigenvalue weighted by molar-refractivity contribution is 0.0597. The lowest BCUT2D eigenvalue weighted by Gasteiger charge is -2.06. The number of methoxy groups -OCH3 is 1. The average molecular weight is 439 g/mol. The standard InChI is InChI=1S/C22H21N3O5S/c1-10-6-8-12(9-7-10)16-14(18-17(26)13(11(2)31-18)21(28)30-5)15-19(23-16)24(3)22(29)25(4)20(15)27/h6-9,23,26H,1-5H3. The molecule has 0 aliphatic carbocycles. The van der Waals surface area contributed by atoms with E-state index in [-0.39, 0.29) is 16.7 Å². The van der Waals surface area contributed by atoms with Gasteiger partial charge < -0.3 is 14.8 Å². The van der Waals surface area contributed by atoms with Crippen LogP contribution in [0.15, 0.2) is 33.9 Å². The first-order valence-electron chi connectivity index (χ1n) is 9.47. The fourth-order valence-electron chi connectivity index (χ4n) is 3.73. The lowest BCUT2D eigenvalue weighted by atomic mass is 10.0. The van der Waals surface area contributed by atoms with Gasteiger partial charge in [0.25, 0.3) is 5.56 Å². The molecule has 9 heteroatoms. The number of benzene rings is 1. The van der Waals surface area contributed by atoms with Gasteiger partial charge in [0.2, 0.25) is 0 Å². The first kappa shape index (κ1) is 20.7. The second-order valence-electron chi connectivity index (χ2n) is 7.37. The van der Waals surface area contributed by atoms with Crippen LogP contribution in [0, 0.1) is 13.8 Å². The van der Waals surface area contributed by atoms with Gasteiger partial charge in [-0.05, 0) is 19.4 Å². The Hall–Kier alpha value is -3.59. The highest BCUT2D eigenvalue weighted by Crippen LogP contribution is 2.47. The highest BCUT2D eigenvalue weighted by atomic mass is 32.1. The van der Waals surface area contributed by atoms with Crippen molar-refractivity contribution in [3.05, 3.63) is 61.1 Å². The van der Waals surface area contributed by atoms with Gasteiger partial charge in [0.1, 0.15) is 17.0 Å². The lowest BCUT2D eigenvalue weighted by Crippen LogP contribution is -2.36. The summed E-state index contributed by atoms with van der Waals surface area (Å²) in [7, 11) is 4.22. The second kappa shape index (κ2) is 7.28. The van der Waals surface area contributed by atoms with Gasteiger partial charge in [0, 0.05) is 24.5 Å². The number of hydrogen-bond acceptors (Lipinski definition) is 6. The Morgan fingerprint density at radius 3 is 2.35 bits per heavy atom. The molecule has 3 aromatic heterocycles. The van der Waals surface area contributed by atoms with Crippen molar-refractivity contribution in [1.29, 1.82) is 0 Å². The van der Waals surface area contributed by atoms with Crippen molar-refractivity contribution in [2.24, 2.45) is 14.1 Å². The number of H-pyrrole nitrogens is 1. The molecule has 4 rings (SSSR count). The highest BCUT2D eigenvalue weighted by molar-refractivity contribution is 7.16. The van der Waals surface area contributed by atoms with Crippen LogP contribution in [0.5, 0.6) is 5.75 Å². The number of hydrogen-bond donors (Lipinski definition) is 2. The van der Waals surface area contributed by atoms with Crippen LogP contribution in [-0.2, 0) is 18.8 Å². The third kappa shape index (κ3) is 3.00. The van der Waals surface area contributed by atoms with E-state index in [9.17, 15) is 19.5 Å². The highest BCUT2D eigenvalue weighted by Gasteiger charge is 2.29. The molecule has 1 aromatic carbocycles. The molecular formula is C22H21N3O5S. The summed E-state index contributed by atoms with van der Waals surface area (Å²) in [5.41, 5.74) is 2.29. The number of aromatic nitrogens is 3. The van der Waals surface area contributed by atoms with Crippen LogP contribution in [0.1, 0.15) is 20.8 Å². The van der Waals surface area contributed by atoms with Crippen molar-refractivity contribution >= 4 is 28.3 Å². The molecule has 0 aliphatic heterocycles. The number of aromatic amines is 1. The molecule has 0 radical (unpaired) electrons. The van der Waals surface area contributed by atoms with Crippen molar-refractivity contribution in [2.75, 3.05) is 7.11 Å². The predicted molar refractivity (Wildman–Crippen MR) is 120 cm³/mol. The summed E-state index contributed by atoms with van der Waals surface area (Å²) in [4.78, 5) is 42.0. The molecular weight excluding hydrogens is 418 g/mol. The van der Waals surface area contributed by atoms with Crippen molar-refractivity contribution in [1.82, 2.24) is 14.1 Å². The van der Waals surface area contributed by atoms with E-state index in [2.05, 4.69) is 4.98 Å². The maximum atomic E-state index is 13.1. The summed E-state index contributed by atoms with van der Waals surface area (Å²) >= 11 is 1.19. The molecule has 8 nitrogen and oxygen atoms in total. The summed E-state index contributed by atoms with van der Waals surface area (Å²) in [6.45, 7) is 3.67. The molecule has 31 heavy (non-hydrogen) atoms. The number of aryl methyl sites for hydroxylation is 3. The molecule has 0 saturated carbocycles. The molecule has 0 amide bonds. The fraction of sp³-hybridized carbons (Fsp3) is 0.227. The molecule has 3 heterocycles. The molecule has 2 N–H and O–H groups in total. The quantitative estimate of drug-likeness (QED) is 0.477. The molecule has 0 spiro atoms. The first-order chi connectivity index (χ1) is 14.7. The number of carbonyl (C=O) groups is 1. The van der Waals surface area contributed by atoms with Gasteiger partial charge in [0.15, 0.2) is 0 Å². The number of nitrogens with one attached hydrogen (secondary N) is 1. The number of esters is 1. The van der Waals surface area contributed by atoms with Crippen molar-refractivity contribution in [3.63, 3.8) is 0 Å². The maximum absolute atomic E-state index is 13.1. The molecule has 0 saturated heterocycles. The van der Waals surface area contributed by atoms with Crippen LogP contribution in [0.25, 0.3) is 32.7 Å². The van der Waals surface area contributed by atoms with Gasteiger partial charge >= 0.3 is 11.7 Å². The minimum Gasteiger partial charge on any atom is -0.505 e. The van der Waals surface area contributed by atoms with Crippen LogP contribution < -0.4 is 11.2 Å². The number of rotatable bonds is 3. The van der Waals surface area contributed by atoms with Crippen LogP contribution in [0.4, 0.5) is 0 Å². The number of nitrogens with zero attached hydrogens (tertiary/aromatic N) is 2. The monoisotopic (exact) mass is 439 g/mol. The number of fused-ring (bicyclic) bond motifs is 1. The van der Waals surface area contributed by atoms with Gasteiger partial charge in [-0.2, -0.15) is 0 Å². The first-order valence-corrected chi connectivity index (χ1v) is 10.3. The van der Waals surface area contributed by atoms with Crippen LogP contribution in [-0.4, -0.2) is 32.3 Å². The van der Waals surface area contributed by atoms with Crippen LogP contribution in [0.2, 0.25) is 0 Å². The molecule has 0 fully saturated rings. The van der Waals surface area contributed by atoms with Gasteiger partial charge in [-0.25, -0.2) is 9.59 Å². The Bertz CT molecular complexity index is 1470. The summed E-state index contributed by atoms with van der Waals surface area (Å²) < 4.78 is 7.19. The summed E-state index contributed by atoms with van der Waals surface area (Å²) in [5.74, 6) is -0.908. The van der Waals surface area contributed by atoms with E-state index in [1.807, 2.05) is 31.2 Å². The SMILES string of the molecule is COC(=O)c1c(C)sc(-c2c(-c3ccc(C)cc3)[nH]c3c2c(=O)n(C)c(=O)n3C)c1O. The topological polar surface area (TPSA) is 106 Å². The van der Waals surface area contributed by atoms with Crippen LogP contribution in [0.3, 0.4) is 0 Å². The number of carbonyl (C=O) groups excluding carboxylic acids is 1. The van der Waals surface area contributed by atoms with E-state index in [4.69, 9.17) is 4.74 Å². The second-order valence-corrected chi connectivity index (χ2v) is 8.60. The van der Waals surface area contributed by atoms with E-state index >= 15 is 0 Å². The average Bonchev–Trinajstić information content (AvgIpc) is 3.28. The molecule has 160 valence electrons. The van der Waals surface area contributed by atoms with Gasteiger partial charge in [0.05, 0.1) is 23.1 Å². The van der Waals surface area contributed by atoms with Gasteiger partial charge in [-0.15, -0.1) is 11.3 Å². The largest absolute Gasteiger partial charge is 0.505 e. The minimum absolute atomic E-state index is 0.0633. The van der Waals surface area contributed by atoms with E-state index in [0.717, 1.165) is 15.7 Å². The smallest absolute Gasteiger partial charge is 0.342 e. The Labute approximate surface area is 181 Å². The normalized spacial score (nSPS) is 11.3. The maximum Gasteiger partial charge on any atom is 0.342 e. The predicted octanol–water partition coefficient (Wildman–Crippen LogP) is 3.07. The van der Waals surface area contributed by atoms with Crippen molar-refractivity contribution in [2.45, 2.75) is 13.8 Å². The Kier molecular flexibility index (Phi) is 4.85. The minimum atomic E-state index is -0.658. The molecule has 4 aromatic rings. The number of ether oxygens (including phenoxy) is 1. The van der Waals surface area contributed by atoms with E-state index in [1.165, 1.54) is 30.1 Å². The van der Waals surface area contributed by atoms with Gasteiger partial charge in [-0.3, -0.25) is 13.9 Å². The Balaban J connectivity index is 2.20. The summed E-state index contributed by atoms with van der Waals surface area (Å²) in [6, 6.07) is 7.65. The van der Waals surface area contributed by atoms with Crippen LogP contribution >= 0.6 is 11.3 Å². The zero-order valence-electron chi connectivity index (χ0n) is 17.7. The third-order valence-corrected chi connectivity index (χ3v) is 6.54. The zero-order chi connectivity index (χ0) is 22.6. The van der Waals surface area contributed by atoms with Crippen molar-refractivity contribution in [3.8, 4) is 27.4 Å². The fourth-order valence-corrected chi connectivity index (χ4v) is 4.82. The molecule has 0 unspecified atom stereocenters. The summed E-state index contributed by atoms with van der Waals surface area (Å²) in [6.07, 6.45) is 0. The van der Waals surface area contributed by atoms with E-state index in [0.29, 0.717) is 26.7 Å². The molecule has 0 atom stereocenters. The Morgan fingerprint density at radius 2 is 1.74 bits per heavy atom. The van der Waals surface area contributed by atoms with Crippen molar-refractivity contribution < 1.29 is 14.6 Å². The molecule has 0 aliphatic rings.